The Bertz CT molecular complexity index is 866. The van der Waals surface area contributed by atoms with Crippen LogP contribution in [0.3, 0.4) is 0 Å². The van der Waals surface area contributed by atoms with Gasteiger partial charge in [-0.15, -0.1) is 0 Å². The first-order chi connectivity index (χ1) is 13.8. The van der Waals surface area contributed by atoms with Gasteiger partial charge in [0.2, 0.25) is 11.8 Å². The number of hydrogen-bond acceptors (Lipinski definition) is 6. The van der Waals surface area contributed by atoms with Gasteiger partial charge in [-0.05, 0) is 25.6 Å². The number of rotatable bonds is 8. The summed E-state index contributed by atoms with van der Waals surface area (Å²) in [5.74, 6) is -0.322. The van der Waals surface area contributed by atoms with Gasteiger partial charge in [0.25, 0.3) is 0 Å². The summed E-state index contributed by atoms with van der Waals surface area (Å²) in [5, 5.41) is 9.91. The molecular weight excluding hydrogens is 398 g/mol. The summed E-state index contributed by atoms with van der Waals surface area (Å²) in [7, 11) is 1.72. The molecule has 0 radical (unpaired) electrons. The van der Waals surface area contributed by atoms with Crippen LogP contribution in [0.1, 0.15) is 13.8 Å². The highest BCUT2D eigenvalue weighted by molar-refractivity contribution is 6.30. The molecule has 0 bridgehead atoms. The van der Waals surface area contributed by atoms with Gasteiger partial charge in [0, 0.05) is 23.7 Å². The van der Waals surface area contributed by atoms with Gasteiger partial charge >= 0.3 is 6.09 Å². The zero-order valence-electron chi connectivity index (χ0n) is 16.6. The Hall–Kier alpha value is -2.91. The van der Waals surface area contributed by atoms with Crippen LogP contribution in [0.5, 0.6) is 0 Å². The maximum absolute atomic E-state index is 12.4. The van der Waals surface area contributed by atoms with Gasteiger partial charge in [-0.25, -0.2) is 4.79 Å². The van der Waals surface area contributed by atoms with E-state index in [9.17, 15) is 14.4 Å². The van der Waals surface area contributed by atoms with Crippen LogP contribution in [0.4, 0.5) is 10.6 Å². The number of alkyl carbamates (subject to hydrolysis) is 1. The molecule has 2 N–H and O–H groups in total. The summed E-state index contributed by atoms with van der Waals surface area (Å²) >= 11 is 5.90. The van der Waals surface area contributed by atoms with E-state index in [0.29, 0.717) is 23.1 Å². The lowest BCUT2D eigenvalue weighted by Crippen LogP contribution is -2.43. The number of imide groups is 1. The molecule has 0 aliphatic carbocycles. The van der Waals surface area contributed by atoms with E-state index in [2.05, 4.69) is 20.5 Å². The van der Waals surface area contributed by atoms with Gasteiger partial charge < -0.3 is 10.1 Å². The van der Waals surface area contributed by atoms with E-state index in [1.54, 1.807) is 41.8 Å². The summed E-state index contributed by atoms with van der Waals surface area (Å²) in [5.41, 5.74) is 1.57. The van der Waals surface area contributed by atoms with E-state index in [1.807, 2.05) is 19.1 Å². The van der Waals surface area contributed by atoms with E-state index < -0.39 is 12.0 Å². The van der Waals surface area contributed by atoms with Crippen LogP contribution in [0, 0.1) is 0 Å². The maximum atomic E-state index is 12.4. The van der Waals surface area contributed by atoms with Crippen molar-refractivity contribution in [3.05, 3.63) is 35.4 Å². The Morgan fingerprint density at radius 3 is 2.41 bits per heavy atom. The minimum atomic E-state index is -0.803. The molecule has 1 heterocycles. The lowest BCUT2D eigenvalue weighted by molar-refractivity contribution is -0.122. The number of anilines is 1. The summed E-state index contributed by atoms with van der Waals surface area (Å²) in [6.45, 7) is 3.95. The second-order valence-electron chi connectivity index (χ2n) is 6.17. The number of ether oxygens (including phenoxy) is 1. The van der Waals surface area contributed by atoms with E-state index in [1.165, 1.54) is 0 Å². The normalized spacial score (nSPS) is 10.7. The summed E-state index contributed by atoms with van der Waals surface area (Å²) < 4.78 is 6.22. The molecule has 1 aromatic carbocycles. The van der Waals surface area contributed by atoms with Gasteiger partial charge in [0.05, 0.1) is 25.4 Å². The Labute approximate surface area is 174 Å². The molecule has 0 saturated carbocycles. The third-order valence-electron chi connectivity index (χ3n) is 3.99. The van der Waals surface area contributed by atoms with Crippen molar-refractivity contribution in [2.45, 2.75) is 13.8 Å². The summed E-state index contributed by atoms with van der Waals surface area (Å²) in [6, 6.07) is 8.98. The molecule has 2 aromatic rings. The van der Waals surface area contributed by atoms with Gasteiger partial charge in [-0.2, -0.15) is 5.10 Å². The summed E-state index contributed by atoms with van der Waals surface area (Å²) in [6.07, 6.45) is -0.803. The van der Waals surface area contributed by atoms with Crippen molar-refractivity contribution in [3.8, 4) is 11.3 Å². The Kier molecular flexibility index (Phi) is 8.17. The molecule has 156 valence electrons. The van der Waals surface area contributed by atoms with Crippen LogP contribution < -0.4 is 10.6 Å². The minimum absolute atomic E-state index is 0.0196. The Morgan fingerprint density at radius 2 is 1.79 bits per heavy atom. The van der Waals surface area contributed by atoms with Crippen LogP contribution in [0.15, 0.2) is 30.3 Å². The molecule has 0 aliphatic heterocycles. The van der Waals surface area contributed by atoms with Crippen molar-refractivity contribution in [1.29, 1.82) is 0 Å². The van der Waals surface area contributed by atoms with E-state index in [-0.39, 0.29) is 25.6 Å². The van der Waals surface area contributed by atoms with E-state index in [4.69, 9.17) is 11.6 Å². The first kappa shape index (κ1) is 22.4. The van der Waals surface area contributed by atoms with Crippen molar-refractivity contribution >= 4 is 35.3 Å². The number of amides is 3. The predicted molar refractivity (Wildman–Crippen MR) is 110 cm³/mol. The molecule has 2 rings (SSSR count). The standard InChI is InChI=1S/C19H24ClN5O4/c1-4-25(12-18(27)22-19(28)29-5-2)11-17(26)21-16-10-15(23-24(16)3)13-6-8-14(20)9-7-13/h6-10H,4-5,11-12H2,1-3H3,(H,21,26)(H,22,27,28). The van der Waals surface area contributed by atoms with Crippen LogP contribution in [-0.4, -0.2) is 58.8 Å². The van der Waals surface area contributed by atoms with Gasteiger partial charge in [-0.3, -0.25) is 24.5 Å². The van der Waals surface area contributed by atoms with Crippen LogP contribution in [0.25, 0.3) is 11.3 Å². The molecular formula is C19H24ClN5O4. The second kappa shape index (κ2) is 10.6. The fourth-order valence-corrected chi connectivity index (χ4v) is 2.66. The SMILES string of the molecule is CCOC(=O)NC(=O)CN(CC)CC(=O)Nc1cc(-c2ccc(Cl)cc2)nn1C. The Balaban J connectivity index is 1.94. The fourth-order valence-electron chi connectivity index (χ4n) is 2.53. The number of likely N-dealkylation sites (N-methyl/N-ethyl adjacent to an activating group) is 1. The molecule has 0 aliphatic rings. The highest BCUT2D eigenvalue weighted by Gasteiger charge is 2.17. The lowest BCUT2D eigenvalue weighted by Gasteiger charge is -2.18. The third kappa shape index (κ3) is 6.88. The van der Waals surface area contributed by atoms with Gasteiger partial charge in [0.15, 0.2) is 0 Å². The quantitative estimate of drug-likeness (QED) is 0.677. The number of nitrogens with one attached hydrogen (secondary N) is 2. The molecule has 0 unspecified atom stereocenters. The van der Waals surface area contributed by atoms with E-state index >= 15 is 0 Å². The topological polar surface area (TPSA) is 106 Å². The highest BCUT2D eigenvalue weighted by Crippen LogP contribution is 2.23. The Morgan fingerprint density at radius 1 is 1.14 bits per heavy atom. The molecule has 3 amide bonds. The highest BCUT2D eigenvalue weighted by atomic mass is 35.5. The molecule has 10 heteroatoms. The van der Waals surface area contributed by atoms with Crippen molar-refractivity contribution in [2.75, 3.05) is 31.6 Å². The fraction of sp³-hybridized carbons (Fsp3) is 0.368. The number of aryl methyl sites for hydroxylation is 1. The number of halogens is 1. The average Bonchev–Trinajstić information content (AvgIpc) is 3.02. The first-order valence-corrected chi connectivity index (χ1v) is 9.49. The number of benzene rings is 1. The zero-order chi connectivity index (χ0) is 21.4. The first-order valence-electron chi connectivity index (χ1n) is 9.11. The van der Waals surface area contributed by atoms with Crippen molar-refractivity contribution in [2.24, 2.45) is 7.05 Å². The second-order valence-corrected chi connectivity index (χ2v) is 6.60. The van der Waals surface area contributed by atoms with Crippen LogP contribution >= 0.6 is 11.6 Å². The average molecular weight is 422 g/mol. The number of nitrogens with zero attached hydrogens (tertiary/aromatic N) is 3. The van der Waals surface area contributed by atoms with E-state index in [0.717, 1.165) is 5.56 Å². The minimum Gasteiger partial charge on any atom is -0.450 e. The molecule has 0 atom stereocenters. The third-order valence-corrected chi connectivity index (χ3v) is 4.24. The number of carbonyl (C=O) groups is 3. The predicted octanol–water partition coefficient (Wildman–Crippen LogP) is 2.27. The molecule has 1 aromatic heterocycles. The van der Waals surface area contributed by atoms with Gasteiger partial charge in [-0.1, -0.05) is 30.7 Å². The molecule has 0 saturated heterocycles. The smallest absolute Gasteiger partial charge is 0.413 e. The lowest BCUT2D eigenvalue weighted by atomic mass is 10.1. The van der Waals surface area contributed by atoms with Crippen LogP contribution in [0.2, 0.25) is 5.02 Å². The zero-order valence-corrected chi connectivity index (χ0v) is 17.3. The number of aromatic nitrogens is 2. The molecule has 0 fully saturated rings. The molecule has 9 nitrogen and oxygen atoms in total. The number of carbonyl (C=O) groups excluding carboxylic acids is 3. The maximum Gasteiger partial charge on any atom is 0.413 e. The molecule has 0 spiro atoms. The van der Waals surface area contributed by atoms with Crippen LogP contribution in [-0.2, 0) is 21.4 Å². The van der Waals surface area contributed by atoms with Gasteiger partial charge in [0.1, 0.15) is 5.82 Å². The van der Waals surface area contributed by atoms with Crippen molar-refractivity contribution in [3.63, 3.8) is 0 Å². The largest absolute Gasteiger partial charge is 0.450 e. The van der Waals surface area contributed by atoms with Crippen molar-refractivity contribution in [1.82, 2.24) is 20.0 Å². The number of hydrogen-bond donors (Lipinski definition) is 2. The van der Waals surface area contributed by atoms with Crippen molar-refractivity contribution < 1.29 is 19.1 Å². The summed E-state index contributed by atoms with van der Waals surface area (Å²) in [4.78, 5) is 37.2. The molecule has 29 heavy (non-hydrogen) atoms. The monoisotopic (exact) mass is 421 g/mol.